The molecule has 0 aliphatic heterocycles. The van der Waals surface area contributed by atoms with E-state index in [4.69, 9.17) is 11.6 Å². The van der Waals surface area contributed by atoms with Gasteiger partial charge in [-0.3, -0.25) is 0 Å². The molecule has 2 aromatic rings. The summed E-state index contributed by atoms with van der Waals surface area (Å²) >= 11 is 6.01. The lowest BCUT2D eigenvalue weighted by atomic mass is 10.1. The number of halogens is 1. The van der Waals surface area contributed by atoms with Gasteiger partial charge in [-0.15, -0.1) is 0 Å². The maximum atomic E-state index is 6.01. The number of hydrogen-bond acceptors (Lipinski definition) is 1. The highest BCUT2D eigenvalue weighted by Crippen LogP contribution is 2.19. The van der Waals surface area contributed by atoms with Gasteiger partial charge in [-0.25, -0.2) is 0 Å². The van der Waals surface area contributed by atoms with E-state index in [-0.39, 0.29) is 0 Å². The normalized spacial score (nSPS) is 12.6. The monoisotopic (exact) mass is 276 g/mol. The standard InChI is InChI=1S/C16H21ClN2/c1-3-5-16(18-2)14-8-9-19(12-14)11-13-6-4-7-15(17)10-13/h4,6-10,12,16,18H,3,5,11H2,1-2H3. The molecule has 0 spiro atoms. The molecule has 1 N–H and O–H groups in total. The van der Waals surface area contributed by atoms with E-state index in [1.54, 1.807) is 0 Å². The Morgan fingerprint density at radius 3 is 2.84 bits per heavy atom. The summed E-state index contributed by atoms with van der Waals surface area (Å²) in [6.07, 6.45) is 6.70. The van der Waals surface area contributed by atoms with Gasteiger partial charge < -0.3 is 9.88 Å². The quantitative estimate of drug-likeness (QED) is 0.835. The largest absolute Gasteiger partial charge is 0.350 e. The third kappa shape index (κ3) is 3.85. The summed E-state index contributed by atoms with van der Waals surface area (Å²) in [4.78, 5) is 0. The molecule has 2 rings (SSSR count). The molecule has 0 aliphatic rings. The predicted octanol–water partition coefficient (Wildman–Crippen LogP) is 4.25. The van der Waals surface area contributed by atoms with Crippen LogP contribution in [-0.2, 0) is 6.54 Å². The van der Waals surface area contributed by atoms with Crippen molar-refractivity contribution in [2.75, 3.05) is 7.05 Å². The lowest BCUT2D eigenvalue weighted by molar-refractivity contribution is 0.540. The molecule has 19 heavy (non-hydrogen) atoms. The van der Waals surface area contributed by atoms with Gasteiger partial charge >= 0.3 is 0 Å². The van der Waals surface area contributed by atoms with Crippen molar-refractivity contribution in [1.29, 1.82) is 0 Å². The molecular formula is C16H21ClN2. The van der Waals surface area contributed by atoms with Gasteiger partial charge in [-0.2, -0.15) is 0 Å². The van der Waals surface area contributed by atoms with Gasteiger partial charge in [0.15, 0.2) is 0 Å². The van der Waals surface area contributed by atoms with Crippen molar-refractivity contribution in [1.82, 2.24) is 9.88 Å². The van der Waals surface area contributed by atoms with Crippen LogP contribution in [0.4, 0.5) is 0 Å². The van der Waals surface area contributed by atoms with Crippen molar-refractivity contribution in [2.24, 2.45) is 0 Å². The minimum Gasteiger partial charge on any atom is -0.350 e. The predicted molar refractivity (Wildman–Crippen MR) is 81.7 cm³/mol. The Kier molecular flexibility index (Phi) is 5.06. The SMILES string of the molecule is CCCC(NC)c1ccn(Cc2cccc(Cl)c2)c1. The first-order valence-corrected chi connectivity index (χ1v) is 7.18. The summed E-state index contributed by atoms with van der Waals surface area (Å²) in [6, 6.07) is 10.7. The summed E-state index contributed by atoms with van der Waals surface area (Å²) < 4.78 is 2.21. The molecule has 0 saturated heterocycles. The van der Waals surface area contributed by atoms with Crippen LogP contribution < -0.4 is 5.32 Å². The Morgan fingerprint density at radius 1 is 1.32 bits per heavy atom. The van der Waals surface area contributed by atoms with Gasteiger partial charge in [0.2, 0.25) is 0 Å². The molecule has 0 amide bonds. The third-order valence-electron chi connectivity index (χ3n) is 3.36. The number of nitrogens with one attached hydrogen (secondary N) is 1. The molecule has 2 nitrogen and oxygen atoms in total. The Balaban J connectivity index is 2.08. The second kappa shape index (κ2) is 6.78. The van der Waals surface area contributed by atoms with Gasteiger partial charge in [0.25, 0.3) is 0 Å². The molecule has 102 valence electrons. The van der Waals surface area contributed by atoms with Crippen LogP contribution in [0.1, 0.15) is 36.9 Å². The first-order chi connectivity index (χ1) is 9.22. The molecule has 0 aliphatic carbocycles. The zero-order chi connectivity index (χ0) is 13.7. The smallest absolute Gasteiger partial charge is 0.0470 e. The van der Waals surface area contributed by atoms with Crippen LogP contribution in [-0.4, -0.2) is 11.6 Å². The maximum Gasteiger partial charge on any atom is 0.0470 e. The Bertz CT molecular complexity index is 519. The molecule has 1 heterocycles. The van der Waals surface area contributed by atoms with E-state index in [1.807, 2.05) is 25.2 Å². The van der Waals surface area contributed by atoms with Crippen LogP contribution in [0.2, 0.25) is 5.02 Å². The van der Waals surface area contributed by atoms with E-state index < -0.39 is 0 Å². The van der Waals surface area contributed by atoms with E-state index in [1.165, 1.54) is 17.5 Å². The van der Waals surface area contributed by atoms with E-state index in [0.29, 0.717) is 6.04 Å². The first kappa shape index (κ1) is 14.2. The van der Waals surface area contributed by atoms with Crippen LogP contribution in [0.5, 0.6) is 0 Å². The van der Waals surface area contributed by atoms with Crippen molar-refractivity contribution in [3.63, 3.8) is 0 Å². The molecule has 1 atom stereocenters. The van der Waals surface area contributed by atoms with E-state index >= 15 is 0 Å². The lowest BCUT2D eigenvalue weighted by Crippen LogP contribution is -2.15. The molecule has 0 radical (unpaired) electrons. The molecule has 0 bridgehead atoms. The molecule has 3 heteroatoms. The van der Waals surface area contributed by atoms with Gasteiger partial charge in [0, 0.05) is 30.0 Å². The molecular weight excluding hydrogens is 256 g/mol. The second-order valence-corrected chi connectivity index (χ2v) is 5.31. The molecule has 0 fully saturated rings. The summed E-state index contributed by atoms with van der Waals surface area (Å²) in [7, 11) is 2.02. The summed E-state index contributed by atoms with van der Waals surface area (Å²) in [5.74, 6) is 0. The average Bonchev–Trinajstić information content (AvgIpc) is 2.84. The summed E-state index contributed by atoms with van der Waals surface area (Å²) in [5.41, 5.74) is 2.58. The number of benzene rings is 1. The fourth-order valence-electron chi connectivity index (χ4n) is 2.38. The van der Waals surface area contributed by atoms with Crippen LogP contribution in [0, 0.1) is 0 Å². The van der Waals surface area contributed by atoms with Crippen molar-refractivity contribution in [3.05, 3.63) is 58.9 Å². The van der Waals surface area contributed by atoms with Gasteiger partial charge in [-0.1, -0.05) is 37.1 Å². The highest BCUT2D eigenvalue weighted by Gasteiger charge is 2.09. The van der Waals surface area contributed by atoms with Gasteiger partial charge in [-0.05, 0) is 42.8 Å². The zero-order valence-corrected chi connectivity index (χ0v) is 12.3. The second-order valence-electron chi connectivity index (χ2n) is 4.88. The summed E-state index contributed by atoms with van der Waals surface area (Å²) in [5, 5.41) is 4.17. The highest BCUT2D eigenvalue weighted by atomic mass is 35.5. The number of hydrogen-bond donors (Lipinski definition) is 1. The fraction of sp³-hybridized carbons (Fsp3) is 0.375. The lowest BCUT2D eigenvalue weighted by Gasteiger charge is -2.13. The zero-order valence-electron chi connectivity index (χ0n) is 11.6. The van der Waals surface area contributed by atoms with Gasteiger partial charge in [0.1, 0.15) is 0 Å². The minimum atomic E-state index is 0.450. The van der Waals surface area contributed by atoms with E-state index in [9.17, 15) is 0 Å². The topological polar surface area (TPSA) is 17.0 Å². The molecule has 0 saturated carbocycles. The van der Waals surface area contributed by atoms with Crippen molar-refractivity contribution < 1.29 is 0 Å². The van der Waals surface area contributed by atoms with Crippen LogP contribution >= 0.6 is 11.6 Å². The van der Waals surface area contributed by atoms with Crippen molar-refractivity contribution in [3.8, 4) is 0 Å². The Morgan fingerprint density at radius 2 is 2.16 bits per heavy atom. The number of rotatable bonds is 6. The highest BCUT2D eigenvalue weighted by molar-refractivity contribution is 6.30. The maximum absolute atomic E-state index is 6.01. The van der Waals surface area contributed by atoms with Crippen molar-refractivity contribution in [2.45, 2.75) is 32.4 Å². The number of aromatic nitrogens is 1. The summed E-state index contributed by atoms with van der Waals surface area (Å²) in [6.45, 7) is 3.08. The van der Waals surface area contributed by atoms with Crippen LogP contribution in [0.15, 0.2) is 42.7 Å². The fourth-order valence-corrected chi connectivity index (χ4v) is 2.59. The Labute approximate surface area is 120 Å². The van der Waals surface area contributed by atoms with Gasteiger partial charge in [0.05, 0.1) is 0 Å². The third-order valence-corrected chi connectivity index (χ3v) is 3.59. The van der Waals surface area contributed by atoms with Crippen LogP contribution in [0.25, 0.3) is 0 Å². The van der Waals surface area contributed by atoms with E-state index in [0.717, 1.165) is 18.0 Å². The van der Waals surface area contributed by atoms with Crippen LogP contribution in [0.3, 0.4) is 0 Å². The average molecular weight is 277 g/mol. The molecule has 1 unspecified atom stereocenters. The minimum absolute atomic E-state index is 0.450. The molecule has 1 aromatic carbocycles. The van der Waals surface area contributed by atoms with Crippen molar-refractivity contribution >= 4 is 11.6 Å². The Hall–Kier alpha value is -1.25. The first-order valence-electron chi connectivity index (χ1n) is 6.80. The molecule has 1 aromatic heterocycles. The number of nitrogens with zero attached hydrogens (tertiary/aromatic N) is 1. The van der Waals surface area contributed by atoms with E-state index in [2.05, 4.69) is 41.3 Å².